The van der Waals surface area contributed by atoms with Crippen LogP contribution in [0.1, 0.15) is 52.4 Å². The molecule has 1 fully saturated rings. The van der Waals surface area contributed by atoms with Crippen LogP contribution in [0, 0.1) is 17.2 Å². The predicted molar refractivity (Wildman–Crippen MR) is 123 cm³/mol. The molecule has 5 N–H and O–H groups in total. The van der Waals surface area contributed by atoms with E-state index in [1.54, 1.807) is 17.2 Å². The molecule has 0 aromatic carbocycles. The zero-order chi connectivity index (χ0) is 21.8. The van der Waals surface area contributed by atoms with Crippen LogP contribution in [0.5, 0.6) is 0 Å². The maximum absolute atomic E-state index is 8.67. The minimum Gasteiger partial charge on any atom is -0.390 e. The van der Waals surface area contributed by atoms with E-state index in [4.69, 9.17) is 21.5 Å². The molecule has 166 valence electrons. The number of nitrogens with two attached hydrogens (primary N) is 2. The molecular formula is C24H39N5O. The van der Waals surface area contributed by atoms with Crippen LogP contribution in [0.2, 0.25) is 0 Å². The molecule has 0 aromatic rings. The quantitative estimate of drug-likeness (QED) is 0.289. The summed E-state index contributed by atoms with van der Waals surface area (Å²) in [4.78, 5) is 2.65. The first-order chi connectivity index (χ1) is 14.5. The number of hydrogen-bond donors (Lipinski definition) is 3. The lowest BCUT2D eigenvalue weighted by atomic mass is 9.90. The molecule has 0 radical (unpaired) electrons. The SMILES string of the molecule is C/C=C(/CCN/C(N)=C/C=C(\N)C#N)CC1=C(CC)CN(CC2CCOCC2)CC1. The molecule has 0 aromatic heterocycles. The molecule has 2 aliphatic rings. The summed E-state index contributed by atoms with van der Waals surface area (Å²) >= 11 is 0. The standard InChI is InChI=1S/C24H39N5O/c1-3-19(7-11-28-24(27)6-5-23(26)16-25)15-22-8-12-29(18-21(22)4-2)17-20-9-13-30-14-10-20/h3,5-6,20,28H,4,7-15,17-18,26-27H2,1-2H3/b19-3-,23-5-,24-6+. The number of ether oxygens (including phenoxy) is 1. The van der Waals surface area contributed by atoms with Gasteiger partial charge in [-0.25, -0.2) is 0 Å². The van der Waals surface area contributed by atoms with Gasteiger partial charge in [-0.15, -0.1) is 0 Å². The van der Waals surface area contributed by atoms with E-state index in [1.165, 1.54) is 44.0 Å². The highest BCUT2D eigenvalue weighted by molar-refractivity contribution is 5.26. The fraction of sp³-hybridized carbons (Fsp3) is 0.625. The van der Waals surface area contributed by atoms with Gasteiger partial charge in [-0.1, -0.05) is 29.7 Å². The third-order valence-corrected chi connectivity index (χ3v) is 6.12. The molecule has 0 unspecified atom stereocenters. The van der Waals surface area contributed by atoms with Gasteiger partial charge in [0.15, 0.2) is 0 Å². The van der Waals surface area contributed by atoms with E-state index in [9.17, 15) is 0 Å². The highest BCUT2D eigenvalue weighted by Crippen LogP contribution is 2.28. The van der Waals surface area contributed by atoms with Gasteiger partial charge < -0.3 is 21.5 Å². The molecule has 2 heterocycles. The molecule has 30 heavy (non-hydrogen) atoms. The Morgan fingerprint density at radius 1 is 1.27 bits per heavy atom. The first-order valence-corrected chi connectivity index (χ1v) is 11.3. The van der Waals surface area contributed by atoms with Gasteiger partial charge in [-0.2, -0.15) is 5.26 Å². The molecule has 2 aliphatic heterocycles. The van der Waals surface area contributed by atoms with Crippen LogP contribution in [-0.4, -0.2) is 44.3 Å². The second-order valence-electron chi connectivity index (χ2n) is 8.26. The van der Waals surface area contributed by atoms with Crippen molar-refractivity contribution >= 4 is 0 Å². The molecule has 0 amide bonds. The summed E-state index contributed by atoms with van der Waals surface area (Å²) in [6.07, 6.45) is 12.1. The maximum Gasteiger partial charge on any atom is 0.117 e. The number of nitrogens with zero attached hydrogens (tertiary/aromatic N) is 2. The molecule has 6 heteroatoms. The second-order valence-corrected chi connectivity index (χ2v) is 8.26. The monoisotopic (exact) mass is 413 g/mol. The normalized spacial score (nSPS) is 20.4. The van der Waals surface area contributed by atoms with Crippen molar-refractivity contribution in [2.75, 3.05) is 39.4 Å². The van der Waals surface area contributed by atoms with E-state index in [0.29, 0.717) is 5.82 Å². The lowest BCUT2D eigenvalue weighted by Gasteiger charge is -2.35. The summed E-state index contributed by atoms with van der Waals surface area (Å²) < 4.78 is 5.51. The summed E-state index contributed by atoms with van der Waals surface area (Å²) in [6.45, 7) is 10.6. The summed E-state index contributed by atoms with van der Waals surface area (Å²) in [5, 5.41) is 11.9. The smallest absolute Gasteiger partial charge is 0.117 e. The number of rotatable bonds is 10. The molecule has 0 bridgehead atoms. The van der Waals surface area contributed by atoms with Gasteiger partial charge in [0.05, 0.1) is 5.82 Å². The van der Waals surface area contributed by atoms with Gasteiger partial charge in [-0.05, 0) is 63.5 Å². The Hall–Kier alpha value is -2.23. The van der Waals surface area contributed by atoms with Crippen LogP contribution < -0.4 is 16.8 Å². The Balaban J connectivity index is 1.84. The molecule has 0 saturated carbocycles. The van der Waals surface area contributed by atoms with Crippen LogP contribution in [0.25, 0.3) is 0 Å². The molecule has 0 atom stereocenters. The Labute approximate surface area is 182 Å². The van der Waals surface area contributed by atoms with Crippen molar-refractivity contribution in [1.82, 2.24) is 10.2 Å². The molecule has 0 aliphatic carbocycles. The van der Waals surface area contributed by atoms with Crippen molar-refractivity contribution in [3.63, 3.8) is 0 Å². The van der Waals surface area contributed by atoms with Crippen LogP contribution >= 0.6 is 0 Å². The highest BCUT2D eigenvalue weighted by Gasteiger charge is 2.22. The van der Waals surface area contributed by atoms with Gasteiger partial charge in [0.25, 0.3) is 0 Å². The fourth-order valence-electron chi connectivity index (χ4n) is 4.21. The van der Waals surface area contributed by atoms with Gasteiger partial charge in [-0.3, -0.25) is 4.90 Å². The number of hydrogen-bond acceptors (Lipinski definition) is 6. The first-order valence-electron chi connectivity index (χ1n) is 11.3. The third-order valence-electron chi connectivity index (χ3n) is 6.12. The second kappa shape index (κ2) is 13.1. The largest absolute Gasteiger partial charge is 0.390 e. The fourth-order valence-corrected chi connectivity index (χ4v) is 4.21. The van der Waals surface area contributed by atoms with Gasteiger partial charge in [0.1, 0.15) is 11.8 Å². The van der Waals surface area contributed by atoms with E-state index in [0.717, 1.165) is 51.5 Å². The Morgan fingerprint density at radius 2 is 2.03 bits per heavy atom. The molecule has 6 nitrogen and oxygen atoms in total. The number of nitrogens with one attached hydrogen (secondary N) is 1. The van der Waals surface area contributed by atoms with Crippen molar-refractivity contribution in [2.45, 2.75) is 52.4 Å². The average molecular weight is 414 g/mol. The average Bonchev–Trinajstić information content (AvgIpc) is 2.78. The van der Waals surface area contributed by atoms with E-state index in [-0.39, 0.29) is 5.70 Å². The highest BCUT2D eigenvalue weighted by atomic mass is 16.5. The predicted octanol–water partition coefficient (Wildman–Crippen LogP) is 3.31. The summed E-state index contributed by atoms with van der Waals surface area (Å²) in [6, 6.07) is 1.87. The molecule has 0 spiro atoms. The Morgan fingerprint density at radius 3 is 2.70 bits per heavy atom. The van der Waals surface area contributed by atoms with E-state index < -0.39 is 0 Å². The van der Waals surface area contributed by atoms with Crippen molar-refractivity contribution in [3.8, 4) is 6.07 Å². The minimum atomic E-state index is 0.149. The summed E-state index contributed by atoms with van der Waals surface area (Å²) in [5.74, 6) is 1.32. The zero-order valence-corrected chi connectivity index (χ0v) is 18.8. The van der Waals surface area contributed by atoms with Crippen molar-refractivity contribution < 1.29 is 4.74 Å². The van der Waals surface area contributed by atoms with Gasteiger partial charge in [0.2, 0.25) is 0 Å². The Bertz CT molecular complexity index is 708. The van der Waals surface area contributed by atoms with E-state index in [2.05, 4.69) is 30.1 Å². The zero-order valence-electron chi connectivity index (χ0n) is 18.8. The summed E-state index contributed by atoms with van der Waals surface area (Å²) in [5.41, 5.74) is 16.2. The van der Waals surface area contributed by atoms with Gasteiger partial charge >= 0.3 is 0 Å². The number of nitriles is 1. The van der Waals surface area contributed by atoms with Crippen LogP contribution in [0.4, 0.5) is 0 Å². The van der Waals surface area contributed by atoms with E-state index in [1.807, 2.05) is 6.07 Å². The first kappa shape index (κ1) is 24.0. The van der Waals surface area contributed by atoms with Crippen LogP contribution in [0.3, 0.4) is 0 Å². The third kappa shape index (κ3) is 8.25. The molecular weight excluding hydrogens is 374 g/mol. The van der Waals surface area contributed by atoms with Crippen molar-refractivity contribution in [1.29, 1.82) is 5.26 Å². The maximum atomic E-state index is 8.67. The Kier molecular flexibility index (Phi) is 10.5. The van der Waals surface area contributed by atoms with E-state index >= 15 is 0 Å². The van der Waals surface area contributed by atoms with Crippen molar-refractivity contribution in [2.24, 2.45) is 17.4 Å². The van der Waals surface area contributed by atoms with Crippen LogP contribution in [0.15, 0.2) is 46.5 Å². The lowest BCUT2D eigenvalue weighted by Crippen LogP contribution is -2.37. The van der Waals surface area contributed by atoms with Crippen molar-refractivity contribution in [3.05, 3.63) is 46.5 Å². The topological polar surface area (TPSA) is 100 Å². The minimum absolute atomic E-state index is 0.149. The lowest BCUT2D eigenvalue weighted by molar-refractivity contribution is 0.0530. The number of allylic oxidation sites excluding steroid dienone is 4. The molecule has 1 saturated heterocycles. The van der Waals surface area contributed by atoms with Gasteiger partial charge in [0, 0.05) is 39.4 Å². The molecule has 2 rings (SSSR count). The summed E-state index contributed by atoms with van der Waals surface area (Å²) in [7, 11) is 0. The van der Waals surface area contributed by atoms with Crippen LogP contribution in [-0.2, 0) is 4.74 Å².